The maximum absolute atomic E-state index is 13.3. The Morgan fingerprint density at radius 1 is 0.894 bits per heavy atom. The van der Waals surface area contributed by atoms with Crippen LogP contribution in [0.1, 0.15) is 35.2 Å². The molecule has 3 aliphatic rings. The van der Waals surface area contributed by atoms with Gasteiger partial charge in [0.25, 0.3) is 5.91 Å². The number of aromatic nitrogens is 3. The number of hydrogen-bond acceptors (Lipinski definition) is 8. The first-order valence-corrected chi connectivity index (χ1v) is 15.4. The van der Waals surface area contributed by atoms with Gasteiger partial charge in [0, 0.05) is 55.5 Å². The minimum Gasteiger partial charge on any atom is -0.454 e. The van der Waals surface area contributed by atoms with E-state index in [0.717, 1.165) is 37.9 Å². The van der Waals surface area contributed by atoms with E-state index in [-0.39, 0.29) is 17.8 Å². The van der Waals surface area contributed by atoms with Crippen molar-refractivity contribution in [2.45, 2.75) is 31.0 Å². The molecule has 4 N–H and O–H groups in total. The molecule has 17 heteroatoms. The first-order chi connectivity index (χ1) is 22.5. The van der Waals surface area contributed by atoms with Gasteiger partial charge < -0.3 is 35.8 Å². The average molecular weight is 673 g/mol. The zero-order chi connectivity index (χ0) is 33.2. The number of alkyl halides is 3. The number of likely N-dealkylation sites (tertiary alicyclic amines) is 1. The maximum atomic E-state index is 13.3. The van der Waals surface area contributed by atoms with Crippen molar-refractivity contribution in [1.82, 2.24) is 29.7 Å². The van der Waals surface area contributed by atoms with Crippen LogP contribution in [0.2, 0.25) is 5.02 Å². The Morgan fingerprint density at radius 3 is 2.09 bits per heavy atom. The third-order valence-electron chi connectivity index (χ3n) is 8.06. The molecule has 1 aliphatic carbocycles. The molecule has 1 saturated carbocycles. The van der Waals surface area contributed by atoms with Crippen molar-refractivity contribution in [2.24, 2.45) is 10.7 Å². The Bertz CT molecular complexity index is 1640. The fourth-order valence-electron chi connectivity index (χ4n) is 5.35. The van der Waals surface area contributed by atoms with Gasteiger partial charge >= 0.3 is 18.2 Å². The van der Waals surface area contributed by atoms with Crippen molar-refractivity contribution >= 4 is 47.1 Å². The monoisotopic (exact) mass is 672 g/mol. The second-order valence-corrected chi connectivity index (χ2v) is 11.9. The Hall–Kier alpha value is -4.86. The summed E-state index contributed by atoms with van der Waals surface area (Å²) >= 11 is 6.03. The van der Waals surface area contributed by atoms with Crippen LogP contribution in [0.5, 0.6) is 6.01 Å². The Labute approximate surface area is 273 Å². The highest BCUT2D eigenvalue weighted by molar-refractivity contribution is 6.30. The van der Waals surface area contributed by atoms with Gasteiger partial charge in [0.1, 0.15) is 0 Å². The molecule has 6 rings (SSSR count). The fourth-order valence-corrected chi connectivity index (χ4v) is 5.47. The molecule has 2 saturated heterocycles. The molecule has 3 heterocycles. The molecule has 248 valence electrons. The number of nitrogens with zero attached hydrogens (tertiary/aromatic N) is 7. The van der Waals surface area contributed by atoms with E-state index in [0.29, 0.717) is 48.4 Å². The first kappa shape index (κ1) is 32.1. The number of aliphatic imine (C=N–C) groups is 1. The highest BCUT2D eigenvalue weighted by Crippen LogP contribution is 2.48. The number of carbonyl (C=O) groups is 2. The maximum Gasteiger partial charge on any atom is 0.422 e. The van der Waals surface area contributed by atoms with Crippen LogP contribution in [0.25, 0.3) is 0 Å². The fraction of sp³-hybridized carbons (Fsp3) is 0.400. The number of guanidine groups is 1. The molecule has 3 fully saturated rings. The summed E-state index contributed by atoms with van der Waals surface area (Å²) < 4.78 is 43.6. The number of anilines is 3. The van der Waals surface area contributed by atoms with E-state index < -0.39 is 30.4 Å². The number of halogens is 4. The van der Waals surface area contributed by atoms with Gasteiger partial charge in [-0.3, -0.25) is 4.79 Å². The molecule has 2 aliphatic heterocycles. The lowest BCUT2D eigenvalue weighted by Crippen LogP contribution is -2.57. The molecule has 0 unspecified atom stereocenters. The number of amides is 3. The SMILES string of the molecule is NC(=O)N=C(N1CCC1)N1CCN(C(=O)c2ccc(Nc3nc(NC4(c5ccc(Cl)cc5)CC4)nc(OCC(F)(F)F)n3)cc2)CC1. The van der Waals surface area contributed by atoms with Crippen LogP contribution >= 0.6 is 11.6 Å². The number of carbonyl (C=O) groups excluding carboxylic acids is 2. The van der Waals surface area contributed by atoms with Gasteiger partial charge in [-0.1, -0.05) is 23.7 Å². The molecule has 0 spiro atoms. The Kier molecular flexibility index (Phi) is 8.94. The summed E-state index contributed by atoms with van der Waals surface area (Å²) in [5, 5.41) is 6.78. The Morgan fingerprint density at radius 2 is 1.51 bits per heavy atom. The number of piperazine rings is 1. The van der Waals surface area contributed by atoms with Gasteiger partial charge in [-0.15, -0.1) is 0 Å². The molecule has 2 aromatic carbocycles. The summed E-state index contributed by atoms with van der Waals surface area (Å²) in [7, 11) is 0. The van der Waals surface area contributed by atoms with Crippen LogP contribution < -0.4 is 21.1 Å². The number of benzene rings is 2. The molecule has 3 aromatic rings. The van der Waals surface area contributed by atoms with Crippen LogP contribution in [-0.2, 0) is 5.54 Å². The van der Waals surface area contributed by atoms with Gasteiger partial charge in [-0.2, -0.15) is 33.1 Å². The largest absolute Gasteiger partial charge is 0.454 e. The second kappa shape index (κ2) is 13.1. The number of nitrogens with two attached hydrogens (primary N) is 1. The minimum atomic E-state index is -4.59. The molecule has 13 nitrogen and oxygen atoms in total. The van der Waals surface area contributed by atoms with E-state index in [1.54, 1.807) is 41.3 Å². The number of ether oxygens (including phenoxy) is 1. The summed E-state index contributed by atoms with van der Waals surface area (Å²) in [6, 6.07) is 12.6. The lowest BCUT2D eigenvalue weighted by Gasteiger charge is -2.42. The van der Waals surface area contributed by atoms with Crippen molar-refractivity contribution < 1.29 is 27.5 Å². The third-order valence-corrected chi connectivity index (χ3v) is 8.32. The molecule has 0 atom stereocenters. The molecular weight excluding hydrogens is 641 g/mol. The standard InChI is InChI=1S/C30H32ClF3N10O3/c31-21-6-4-20(5-7-21)29(10-11-29)41-26-38-25(39-27(40-26)47-18-30(32,33)34)36-22-8-2-19(3-9-22)23(45)42-14-16-44(17-15-42)28(37-24(35)46)43-12-1-13-43/h2-9H,1,10-18H2,(H2,35,46)(H2,36,38,39,40,41). The number of urea groups is 1. The minimum absolute atomic E-state index is 0.0382. The lowest BCUT2D eigenvalue weighted by molar-refractivity contribution is -0.154. The van der Waals surface area contributed by atoms with Gasteiger partial charge in [0.2, 0.25) is 17.9 Å². The Balaban J connectivity index is 1.12. The van der Waals surface area contributed by atoms with Crippen LogP contribution in [0, 0.1) is 0 Å². The van der Waals surface area contributed by atoms with E-state index in [2.05, 4.69) is 30.6 Å². The van der Waals surface area contributed by atoms with Crippen molar-refractivity contribution in [1.29, 1.82) is 0 Å². The molecule has 0 bridgehead atoms. The van der Waals surface area contributed by atoms with E-state index in [4.69, 9.17) is 22.1 Å². The summed E-state index contributed by atoms with van der Waals surface area (Å²) in [4.78, 5) is 46.9. The van der Waals surface area contributed by atoms with Gasteiger partial charge in [-0.25, -0.2) is 4.79 Å². The predicted octanol–water partition coefficient (Wildman–Crippen LogP) is 4.21. The second-order valence-electron chi connectivity index (χ2n) is 11.5. The van der Waals surface area contributed by atoms with E-state index in [1.165, 1.54) is 0 Å². The van der Waals surface area contributed by atoms with Gasteiger partial charge in [0.05, 0.1) is 5.54 Å². The van der Waals surface area contributed by atoms with Crippen molar-refractivity contribution in [3.05, 3.63) is 64.7 Å². The predicted molar refractivity (Wildman–Crippen MR) is 168 cm³/mol. The highest BCUT2D eigenvalue weighted by Gasteiger charge is 2.45. The first-order valence-electron chi connectivity index (χ1n) is 15.0. The van der Waals surface area contributed by atoms with E-state index in [1.807, 2.05) is 21.9 Å². The average Bonchev–Trinajstić information content (AvgIpc) is 3.79. The van der Waals surface area contributed by atoms with Crippen LogP contribution in [0.3, 0.4) is 0 Å². The quantitative estimate of drug-likeness (QED) is 0.234. The summed E-state index contributed by atoms with van der Waals surface area (Å²) in [6.07, 6.45) is -2.05. The zero-order valence-electron chi connectivity index (χ0n) is 25.1. The highest BCUT2D eigenvalue weighted by atomic mass is 35.5. The van der Waals surface area contributed by atoms with E-state index >= 15 is 0 Å². The smallest absolute Gasteiger partial charge is 0.422 e. The summed E-state index contributed by atoms with van der Waals surface area (Å²) in [5.74, 6) is 0.376. The lowest BCUT2D eigenvalue weighted by atomic mass is 10.1. The topological polar surface area (TPSA) is 154 Å². The van der Waals surface area contributed by atoms with Crippen LogP contribution in [-0.4, -0.2) is 99.6 Å². The van der Waals surface area contributed by atoms with E-state index in [9.17, 15) is 22.8 Å². The molecule has 47 heavy (non-hydrogen) atoms. The van der Waals surface area contributed by atoms with Crippen LogP contribution in [0.15, 0.2) is 53.5 Å². The molecule has 3 amide bonds. The third kappa shape index (κ3) is 7.93. The number of hydrogen-bond donors (Lipinski definition) is 3. The van der Waals surface area contributed by atoms with Crippen molar-refractivity contribution in [3.63, 3.8) is 0 Å². The zero-order valence-corrected chi connectivity index (χ0v) is 25.9. The van der Waals surface area contributed by atoms with Crippen LogP contribution in [0.4, 0.5) is 35.5 Å². The van der Waals surface area contributed by atoms with Crippen molar-refractivity contribution in [2.75, 3.05) is 56.5 Å². The van der Waals surface area contributed by atoms with Gasteiger partial charge in [0.15, 0.2) is 6.61 Å². The normalized spacial score (nSPS) is 17.5. The number of nitrogens with one attached hydrogen (secondary N) is 2. The van der Waals surface area contributed by atoms with Crippen molar-refractivity contribution in [3.8, 4) is 6.01 Å². The summed E-state index contributed by atoms with van der Waals surface area (Å²) in [5.41, 5.74) is 6.69. The molecule has 0 radical (unpaired) electrons. The number of primary amides is 1. The van der Waals surface area contributed by atoms with Gasteiger partial charge in [-0.05, 0) is 61.2 Å². The molecule has 1 aromatic heterocycles. The number of rotatable bonds is 8. The molecular formula is C30H32ClF3N10O3. The summed E-state index contributed by atoms with van der Waals surface area (Å²) in [6.45, 7) is 1.91.